The van der Waals surface area contributed by atoms with Gasteiger partial charge in [-0.05, 0) is 25.0 Å². The summed E-state index contributed by atoms with van der Waals surface area (Å²) < 4.78 is 0. The highest BCUT2D eigenvalue weighted by atomic mass is 16.4. The molecule has 5 nitrogen and oxygen atoms in total. The summed E-state index contributed by atoms with van der Waals surface area (Å²) in [4.78, 5) is 35.1. The van der Waals surface area contributed by atoms with E-state index in [1.165, 1.54) is 0 Å². The second-order valence-corrected chi connectivity index (χ2v) is 4.24. The molecule has 1 aromatic rings. The summed E-state index contributed by atoms with van der Waals surface area (Å²) in [5.41, 5.74) is -1.23. The number of nitrogens with one attached hydrogen (secondary N) is 1. The zero-order valence-electron chi connectivity index (χ0n) is 11.0. The lowest BCUT2D eigenvalue weighted by molar-refractivity contribution is -0.156. The minimum absolute atomic E-state index is 0.132. The predicted octanol–water partition coefficient (Wildman–Crippen LogP) is 1.83. The Morgan fingerprint density at radius 1 is 1.11 bits per heavy atom. The summed E-state index contributed by atoms with van der Waals surface area (Å²) >= 11 is 0. The molecule has 102 valence electrons. The first kappa shape index (κ1) is 14.9. The van der Waals surface area contributed by atoms with Crippen LogP contribution in [0.2, 0.25) is 0 Å². The second kappa shape index (κ2) is 6.13. The van der Waals surface area contributed by atoms with Crippen molar-refractivity contribution in [1.29, 1.82) is 0 Å². The lowest BCUT2D eigenvalue weighted by atomic mass is 9.81. The quantitative estimate of drug-likeness (QED) is 0.794. The van der Waals surface area contributed by atoms with Crippen LogP contribution in [0.15, 0.2) is 30.3 Å². The molecule has 0 bridgehead atoms. The molecule has 0 aromatic heterocycles. The van der Waals surface area contributed by atoms with Crippen LogP contribution in [0.25, 0.3) is 0 Å². The normalized spacial score (nSPS) is 10.8. The molecular weight excluding hydrogens is 246 g/mol. The highest BCUT2D eigenvalue weighted by molar-refractivity contribution is 6.12. The Kier molecular flexibility index (Phi) is 4.80. The molecule has 0 aliphatic rings. The number of amides is 2. The Morgan fingerprint density at radius 2 is 1.63 bits per heavy atom. The van der Waals surface area contributed by atoms with Crippen molar-refractivity contribution >= 4 is 17.8 Å². The Hall–Kier alpha value is -2.17. The number of carbonyl (C=O) groups is 3. The van der Waals surface area contributed by atoms with Crippen LogP contribution in [0.1, 0.15) is 37.0 Å². The SMILES string of the molecule is CCC(CC)(C(=O)O)C(=O)NC(=O)c1ccccc1. The Morgan fingerprint density at radius 3 is 2.05 bits per heavy atom. The van der Waals surface area contributed by atoms with E-state index >= 15 is 0 Å². The number of benzene rings is 1. The fourth-order valence-corrected chi connectivity index (χ4v) is 1.86. The van der Waals surface area contributed by atoms with E-state index in [0.717, 1.165) is 0 Å². The molecule has 19 heavy (non-hydrogen) atoms. The molecule has 0 spiro atoms. The molecule has 5 heteroatoms. The number of aliphatic carboxylic acids is 1. The van der Waals surface area contributed by atoms with Gasteiger partial charge in [-0.1, -0.05) is 32.0 Å². The van der Waals surface area contributed by atoms with Crippen LogP contribution >= 0.6 is 0 Å². The van der Waals surface area contributed by atoms with Gasteiger partial charge in [-0.3, -0.25) is 19.7 Å². The van der Waals surface area contributed by atoms with E-state index in [0.29, 0.717) is 5.56 Å². The molecule has 0 aliphatic carbocycles. The standard InChI is InChI=1S/C14H17NO4/c1-3-14(4-2,13(18)19)12(17)15-11(16)10-8-6-5-7-9-10/h5-9H,3-4H2,1-2H3,(H,18,19)(H,15,16,17). The third-order valence-electron chi connectivity index (χ3n) is 3.31. The molecule has 0 saturated heterocycles. The lowest BCUT2D eigenvalue weighted by Crippen LogP contribution is -2.47. The van der Waals surface area contributed by atoms with Gasteiger partial charge in [0.25, 0.3) is 5.91 Å². The van der Waals surface area contributed by atoms with Crippen LogP contribution in [0, 0.1) is 5.41 Å². The number of imide groups is 1. The summed E-state index contributed by atoms with van der Waals surface area (Å²) in [6.45, 7) is 3.23. The molecule has 0 unspecified atom stereocenters. The fourth-order valence-electron chi connectivity index (χ4n) is 1.86. The van der Waals surface area contributed by atoms with Gasteiger partial charge in [0, 0.05) is 5.56 Å². The van der Waals surface area contributed by atoms with Crippen LogP contribution in [0.5, 0.6) is 0 Å². The van der Waals surface area contributed by atoms with Crippen molar-refractivity contribution in [3.8, 4) is 0 Å². The topological polar surface area (TPSA) is 83.5 Å². The molecule has 0 aliphatic heterocycles. The van der Waals surface area contributed by atoms with Gasteiger partial charge in [-0.2, -0.15) is 0 Å². The zero-order chi connectivity index (χ0) is 14.5. The van der Waals surface area contributed by atoms with Crippen LogP contribution in [0.3, 0.4) is 0 Å². The zero-order valence-corrected chi connectivity index (χ0v) is 11.0. The molecule has 0 heterocycles. The van der Waals surface area contributed by atoms with Crippen LogP contribution in [-0.4, -0.2) is 22.9 Å². The number of hydrogen-bond acceptors (Lipinski definition) is 3. The molecule has 0 saturated carbocycles. The maximum absolute atomic E-state index is 12.0. The molecule has 1 rings (SSSR count). The number of hydrogen-bond donors (Lipinski definition) is 2. The Bertz CT molecular complexity index is 477. The van der Waals surface area contributed by atoms with Gasteiger partial charge in [-0.15, -0.1) is 0 Å². The summed E-state index contributed by atoms with van der Waals surface area (Å²) in [6.07, 6.45) is 0.263. The molecule has 2 N–H and O–H groups in total. The molecule has 0 atom stereocenters. The number of carbonyl (C=O) groups excluding carboxylic acids is 2. The molecule has 1 aromatic carbocycles. The van der Waals surface area contributed by atoms with Crippen LogP contribution in [0.4, 0.5) is 0 Å². The van der Waals surface area contributed by atoms with Gasteiger partial charge >= 0.3 is 5.97 Å². The average molecular weight is 263 g/mol. The monoisotopic (exact) mass is 263 g/mol. The molecule has 0 radical (unpaired) electrons. The minimum atomic E-state index is -1.55. The maximum Gasteiger partial charge on any atom is 0.319 e. The maximum atomic E-state index is 12.0. The smallest absolute Gasteiger partial charge is 0.319 e. The third-order valence-corrected chi connectivity index (χ3v) is 3.31. The number of carboxylic acid groups (broad SMARTS) is 1. The molecule has 2 amide bonds. The first-order chi connectivity index (χ1) is 8.97. The van der Waals surface area contributed by atoms with Crippen molar-refractivity contribution in [2.45, 2.75) is 26.7 Å². The van der Waals surface area contributed by atoms with E-state index in [9.17, 15) is 19.5 Å². The molecule has 0 fully saturated rings. The minimum Gasteiger partial charge on any atom is -0.480 e. The summed E-state index contributed by atoms with van der Waals surface area (Å²) in [5.74, 6) is -2.56. The Balaban J connectivity index is 2.90. The lowest BCUT2D eigenvalue weighted by Gasteiger charge is -2.24. The number of rotatable bonds is 5. The van der Waals surface area contributed by atoms with Gasteiger partial charge in [0.1, 0.15) is 5.41 Å². The molecular formula is C14H17NO4. The van der Waals surface area contributed by atoms with E-state index < -0.39 is 23.2 Å². The van der Waals surface area contributed by atoms with Gasteiger partial charge in [-0.25, -0.2) is 0 Å². The van der Waals surface area contributed by atoms with E-state index in [-0.39, 0.29) is 12.8 Å². The van der Waals surface area contributed by atoms with Crippen molar-refractivity contribution in [3.63, 3.8) is 0 Å². The highest BCUT2D eigenvalue weighted by Crippen LogP contribution is 2.27. The summed E-state index contributed by atoms with van der Waals surface area (Å²) in [6, 6.07) is 8.21. The van der Waals surface area contributed by atoms with Gasteiger partial charge in [0.2, 0.25) is 5.91 Å². The van der Waals surface area contributed by atoms with Crippen LogP contribution < -0.4 is 5.32 Å². The highest BCUT2D eigenvalue weighted by Gasteiger charge is 2.43. The average Bonchev–Trinajstić information content (AvgIpc) is 2.41. The van der Waals surface area contributed by atoms with Crippen molar-refractivity contribution in [2.24, 2.45) is 5.41 Å². The number of carboxylic acids is 1. The van der Waals surface area contributed by atoms with Crippen molar-refractivity contribution in [3.05, 3.63) is 35.9 Å². The van der Waals surface area contributed by atoms with E-state index in [4.69, 9.17) is 0 Å². The van der Waals surface area contributed by atoms with E-state index in [2.05, 4.69) is 5.32 Å². The summed E-state index contributed by atoms with van der Waals surface area (Å²) in [7, 11) is 0. The summed E-state index contributed by atoms with van der Waals surface area (Å²) in [5, 5.41) is 11.4. The fraction of sp³-hybridized carbons (Fsp3) is 0.357. The van der Waals surface area contributed by atoms with Crippen molar-refractivity contribution < 1.29 is 19.5 Å². The van der Waals surface area contributed by atoms with E-state index in [1.807, 2.05) is 0 Å². The first-order valence-corrected chi connectivity index (χ1v) is 6.12. The predicted molar refractivity (Wildman–Crippen MR) is 69.6 cm³/mol. The van der Waals surface area contributed by atoms with Gasteiger partial charge in [0.15, 0.2) is 0 Å². The van der Waals surface area contributed by atoms with E-state index in [1.54, 1.807) is 44.2 Å². The largest absolute Gasteiger partial charge is 0.480 e. The van der Waals surface area contributed by atoms with Gasteiger partial charge < -0.3 is 5.11 Å². The van der Waals surface area contributed by atoms with Crippen molar-refractivity contribution in [1.82, 2.24) is 5.32 Å². The van der Waals surface area contributed by atoms with Crippen LogP contribution in [-0.2, 0) is 9.59 Å². The third kappa shape index (κ3) is 2.99. The Labute approximate surface area is 111 Å². The van der Waals surface area contributed by atoms with Gasteiger partial charge in [0.05, 0.1) is 0 Å². The van der Waals surface area contributed by atoms with Crippen molar-refractivity contribution in [2.75, 3.05) is 0 Å². The first-order valence-electron chi connectivity index (χ1n) is 6.12. The second-order valence-electron chi connectivity index (χ2n) is 4.24.